The molecule has 2 fully saturated rings. The van der Waals surface area contributed by atoms with Crippen LogP contribution >= 0.6 is 0 Å². The maximum atomic E-state index is 12.1. The van der Waals surface area contributed by atoms with E-state index in [1.165, 1.54) is 4.90 Å². The zero-order valence-electron chi connectivity index (χ0n) is 9.70. The standard InChI is InChI=1S/C11H17NO5/c1-6-2-3-9(17-6)10(14)12-5-7(13)4-8(12)11(15)16/h6-9,13H,2-5H2,1H3,(H,15,16)/t6?,7?,8-,9?/m0/s1. The maximum absolute atomic E-state index is 12.1. The molecule has 6 heteroatoms. The molecule has 2 N–H and O–H groups in total. The quantitative estimate of drug-likeness (QED) is 0.689. The first kappa shape index (κ1) is 12.3. The van der Waals surface area contributed by atoms with Crippen molar-refractivity contribution in [3.8, 4) is 0 Å². The van der Waals surface area contributed by atoms with Crippen LogP contribution < -0.4 is 0 Å². The Hall–Kier alpha value is -1.14. The molecule has 2 saturated heterocycles. The summed E-state index contributed by atoms with van der Waals surface area (Å²) in [6.07, 6.45) is 0.281. The zero-order valence-corrected chi connectivity index (χ0v) is 9.70. The summed E-state index contributed by atoms with van der Waals surface area (Å²) in [6, 6.07) is -0.919. The monoisotopic (exact) mass is 243 g/mol. The summed E-state index contributed by atoms with van der Waals surface area (Å²) in [5.41, 5.74) is 0. The molecule has 0 aromatic carbocycles. The lowest BCUT2D eigenvalue weighted by atomic mass is 10.1. The molecule has 0 saturated carbocycles. The molecule has 96 valence electrons. The van der Waals surface area contributed by atoms with Crippen LogP contribution in [0.5, 0.6) is 0 Å². The third-order valence-electron chi connectivity index (χ3n) is 3.35. The minimum Gasteiger partial charge on any atom is -0.480 e. The van der Waals surface area contributed by atoms with Gasteiger partial charge in [-0.25, -0.2) is 4.79 Å². The second kappa shape index (κ2) is 4.62. The van der Waals surface area contributed by atoms with Crippen molar-refractivity contribution in [2.75, 3.05) is 6.54 Å². The Morgan fingerprint density at radius 2 is 2.06 bits per heavy atom. The molecule has 2 heterocycles. The van der Waals surface area contributed by atoms with Crippen LogP contribution in [0.15, 0.2) is 0 Å². The van der Waals surface area contributed by atoms with Crippen molar-refractivity contribution in [2.45, 2.75) is 50.5 Å². The molecule has 6 nitrogen and oxygen atoms in total. The van der Waals surface area contributed by atoms with Crippen LogP contribution in [0.2, 0.25) is 0 Å². The van der Waals surface area contributed by atoms with Crippen LogP contribution in [0.25, 0.3) is 0 Å². The van der Waals surface area contributed by atoms with Crippen LogP contribution in [0.1, 0.15) is 26.2 Å². The van der Waals surface area contributed by atoms with Gasteiger partial charge in [-0.05, 0) is 19.8 Å². The zero-order chi connectivity index (χ0) is 12.6. The lowest BCUT2D eigenvalue weighted by Gasteiger charge is -2.24. The fourth-order valence-electron chi connectivity index (χ4n) is 2.46. The van der Waals surface area contributed by atoms with E-state index >= 15 is 0 Å². The summed E-state index contributed by atoms with van der Waals surface area (Å²) in [7, 11) is 0. The van der Waals surface area contributed by atoms with E-state index in [9.17, 15) is 14.7 Å². The highest BCUT2D eigenvalue weighted by Crippen LogP contribution is 2.25. The Bertz CT molecular complexity index is 332. The van der Waals surface area contributed by atoms with Gasteiger partial charge >= 0.3 is 5.97 Å². The second-order valence-electron chi connectivity index (χ2n) is 4.75. The number of rotatable bonds is 2. The van der Waals surface area contributed by atoms with Crippen molar-refractivity contribution in [3.05, 3.63) is 0 Å². The number of likely N-dealkylation sites (tertiary alicyclic amines) is 1. The average molecular weight is 243 g/mol. The third kappa shape index (κ3) is 2.42. The number of aliphatic hydroxyl groups excluding tert-OH is 1. The van der Waals surface area contributed by atoms with Gasteiger partial charge in [0.15, 0.2) is 0 Å². The molecule has 0 bridgehead atoms. The van der Waals surface area contributed by atoms with E-state index < -0.39 is 24.2 Å². The summed E-state index contributed by atoms with van der Waals surface area (Å²) >= 11 is 0. The summed E-state index contributed by atoms with van der Waals surface area (Å²) < 4.78 is 5.43. The van der Waals surface area contributed by atoms with Gasteiger partial charge in [0.05, 0.1) is 12.2 Å². The van der Waals surface area contributed by atoms with Gasteiger partial charge in [0.1, 0.15) is 12.1 Å². The molecule has 2 aliphatic heterocycles. The molecule has 0 aromatic rings. The van der Waals surface area contributed by atoms with E-state index in [0.29, 0.717) is 6.42 Å². The number of ether oxygens (including phenoxy) is 1. The molecule has 2 rings (SSSR count). The first-order valence-electron chi connectivity index (χ1n) is 5.86. The molecule has 4 atom stereocenters. The molecular formula is C11H17NO5. The number of nitrogens with zero attached hydrogens (tertiary/aromatic N) is 1. The Morgan fingerprint density at radius 1 is 1.35 bits per heavy atom. The Morgan fingerprint density at radius 3 is 2.59 bits per heavy atom. The number of β-amino-alcohol motifs (C(OH)–C–C–N with tert-alkyl or cyclic N) is 1. The largest absolute Gasteiger partial charge is 0.480 e. The van der Waals surface area contributed by atoms with Gasteiger partial charge in [0, 0.05) is 13.0 Å². The molecule has 3 unspecified atom stereocenters. The van der Waals surface area contributed by atoms with E-state index in [-0.39, 0.29) is 25.0 Å². The minimum atomic E-state index is -1.07. The van der Waals surface area contributed by atoms with E-state index in [0.717, 1.165) is 6.42 Å². The molecule has 0 aliphatic carbocycles. The summed E-state index contributed by atoms with van der Waals surface area (Å²) in [4.78, 5) is 24.3. The van der Waals surface area contributed by atoms with Gasteiger partial charge < -0.3 is 19.8 Å². The molecular weight excluding hydrogens is 226 g/mol. The molecule has 0 spiro atoms. The maximum Gasteiger partial charge on any atom is 0.326 e. The topological polar surface area (TPSA) is 87.1 Å². The molecule has 1 amide bonds. The number of carbonyl (C=O) groups excluding carboxylic acids is 1. The molecule has 17 heavy (non-hydrogen) atoms. The fraction of sp³-hybridized carbons (Fsp3) is 0.818. The third-order valence-corrected chi connectivity index (χ3v) is 3.35. The van der Waals surface area contributed by atoms with Crippen LogP contribution in [-0.2, 0) is 14.3 Å². The predicted octanol–water partition coefficient (Wildman–Crippen LogP) is -0.400. The first-order valence-corrected chi connectivity index (χ1v) is 5.86. The number of hydrogen-bond acceptors (Lipinski definition) is 4. The summed E-state index contributed by atoms with van der Waals surface area (Å²) in [5, 5.41) is 18.5. The number of aliphatic hydroxyl groups is 1. The lowest BCUT2D eigenvalue weighted by molar-refractivity contribution is -0.153. The average Bonchev–Trinajstić information content (AvgIpc) is 2.83. The molecule has 2 aliphatic rings. The Labute approximate surface area is 99.2 Å². The molecule has 0 radical (unpaired) electrons. The van der Waals surface area contributed by atoms with Gasteiger partial charge in [-0.3, -0.25) is 4.79 Å². The predicted molar refractivity (Wildman–Crippen MR) is 57.3 cm³/mol. The van der Waals surface area contributed by atoms with E-state index in [1.54, 1.807) is 0 Å². The van der Waals surface area contributed by atoms with Crippen molar-refractivity contribution in [2.24, 2.45) is 0 Å². The van der Waals surface area contributed by atoms with Crippen molar-refractivity contribution in [3.63, 3.8) is 0 Å². The normalized spacial score (nSPS) is 37.4. The van der Waals surface area contributed by atoms with Gasteiger partial charge in [-0.2, -0.15) is 0 Å². The SMILES string of the molecule is CC1CCC(C(=O)N2CC(O)C[C@H]2C(=O)O)O1. The van der Waals surface area contributed by atoms with Crippen molar-refractivity contribution >= 4 is 11.9 Å². The highest BCUT2D eigenvalue weighted by Gasteiger charge is 2.42. The fourth-order valence-corrected chi connectivity index (χ4v) is 2.46. The van der Waals surface area contributed by atoms with Crippen molar-refractivity contribution in [1.29, 1.82) is 0 Å². The van der Waals surface area contributed by atoms with Crippen LogP contribution in [0.3, 0.4) is 0 Å². The summed E-state index contributed by atoms with van der Waals surface area (Å²) in [6.45, 7) is 1.98. The van der Waals surface area contributed by atoms with Crippen LogP contribution in [-0.4, -0.2) is 57.9 Å². The Kier molecular flexibility index (Phi) is 3.35. The van der Waals surface area contributed by atoms with Crippen LogP contribution in [0, 0.1) is 0 Å². The second-order valence-corrected chi connectivity index (χ2v) is 4.75. The van der Waals surface area contributed by atoms with Gasteiger partial charge in [-0.1, -0.05) is 0 Å². The highest BCUT2D eigenvalue weighted by atomic mass is 16.5. The number of carboxylic acids is 1. The van der Waals surface area contributed by atoms with E-state index in [4.69, 9.17) is 9.84 Å². The minimum absolute atomic E-state index is 0.0414. The number of amides is 1. The van der Waals surface area contributed by atoms with Gasteiger partial charge in [-0.15, -0.1) is 0 Å². The number of carbonyl (C=O) groups is 2. The smallest absolute Gasteiger partial charge is 0.326 e. The van der Waals surface area contributed by atoms with Crippen molar-refractivity contribution in [1.82, 2.24) is 4.90 Å². The lowest BCUT2D eigenvalue weighted by Crippen LogP contribution is -2.45. The van der Waals surface area contributed by atoms with Gasteiger partial charge in [0.2, 0.25) is 0 Å². The number of carboxylic acid groups (broad SMARTS) is 1. The van der Waals surface area contributed by atoms with Crippen molar-refractivity contribution < 1.29 is 24.5 Å². The first-order chi connectivity index (χ1) is 7.99. The summed E-state index contributed by atoms with van der Waals surface area (Å²) in [5.74, 6) is -1.38. The molecule has 0 aromatic heterocycles. The highest BCUT2D eigenvalue weighted by molar-refractivity contribution is 5.87. The van der Waals surface area contributed by atoms with E-state index in [2.05, 4.69) is 0 Å². The number of hydrogen-bond donors (Lipinski definition) is 2. The number of aliphatic carboxylic acids is 1. The Balaban J connectivity index is 2.05. The van der Waals surface area contributed by atoms with E-state index in [1.807, 2.05) is 6.92 Å². The van der Waals surface area contributed by atoms with Gasteiger partial charge in [0.25, 0.3) is 5.91 Å². The van der Waals surface area contributed by atoms with Crippen LogP contribution in [0.4, 0.5) is 0 Å².